The molecule has 0 amide bonds. The molecule has 2 rings (SSSR count). The Kier molecular flexibility index (Phi) is 0.943. The number of hydrogen-bond donors (Lipinski definition) is 0. The van der Waals surface area contributed by atoms with Gasteiger partial charge < -0.3 is 0 Å². The summed E-state index contributed by atoms with van der Waals surface area (Å²) < 4.78 is 1.49. The van der Waals surface area contributed by atoms with E-state index in [1.807, 2.05) is 13.0 Å². The molecule has 2 aromatic heterocycles. The van der Waals surface area contributed by atoms with Gasteiger partial charge in [-0.1, -0.05) is 0 Å². The summed E-state index contributed by atoms with van der Waals surface area (Å²) in [5, 5.41) is 7.89. The Labute approximate surface area is 57.5 Å². The Hall–Kier alpha value is -1.45. The molecule has 0 saturated carbocycles. The zero-order chi connectivity index (χ0) is 6.97. The number of rotatable bonds is 0. The highest BCUT2D eigenvalue weighted by Gasteiger charge is 1.93. The topological polar surface area (TPSA) is 43.1 Å². The van der Waals surface area contributed by atoms with Crippen molar-refractivity contribution in [3.63, 3.8) is 0 Å². The second kappa shape index (κ2) is 1.76. The Morgan fingerprint density at radius 3 is 3.20 bits per heavy atom. The summed E-state index contributed by atoms with van der Waals surface area (Å²) in [5.41, 5.74) is 1.70. The van der Waals surface area contributed by atoms with Gasteiger partial charge in [0.25, 0.3) is 0 Å². The van der Waals surface area contributed by atoms with E-state index in [0.29, 0.717) is 0 Å². The molecule has 0 spiro atoms. The Bertz CT molecular complexity index is 351. The highest BCUT2D eigenvalue weighted by atomic mass is 15.4. The van der Waals surface area contributed by atoms with Gasteiger partial charge in [-0.05, 0) is 6.92 Å². The second-order valence-corrected chi connectivity index (χ2v) is 2.08. The second-order valence-electron chi connectivity index (χ2n) is 2.08. The number of aromatic nitrogens is 4. The first-order valence-corrected chi connectivity index (χ1v) is 3.00. The predicted molar refractivity (Wildman–Crippen MR) is 35.5 cm³/mol. The van der Waals surface area contributed by atoms with Crippen molar-refractivity contribution in [1.82, 2.24) is 19.8 Å². The van der Waals surface area contributed by atoms with Crippen LogP contribution in [-0.2, 0) is 0 Å². The van der Waals surface area contributed by atoms with Crippen molar-refractivity contribution in [2.45, 2.75) is 6.92 Å². The Balaban J connectivity index is 2.86. The molecule has 0 radical (unpaired) electrons. The minimum Gasteiger partial charge on any atom is -0.231 e. The average molecular weight is 134 g/mol. The van der Waals surface area contributed by atoms with Gasteiger partial charge in [0.1, 0.15) is 0 Å². The van der Waals surface area contributed by atoms with Crippen molar-refractivity contribution < 1.29 is 0 Å². The number of fused-ring (bicyclic) bond motifs is 1. The van der Waals surface area contributed by atoms with E-state index in [1.165, 1.54) is 4.63 Å². The number of aryl methyl sites for hydroxylation is 1. The van der Waals surface area contributed by atoms with E-state index < -0.39 is 0 Å². The minimum atomic E-state index is 0.792. The van der Waals surface area contributed by atoms with E-state index >= 15 is 0 Å². The molecule has 10 heavy (non-hydrogen) atoms. The molecular weight excluding hydrogens is 128 g/mol. The van der Waals surface area contributed by atoms with Gasteiger partial charge in [-0.3, -0.25) is 0 Å². The first kappa shape index (κ1) is 5.34. The van der Waals surface area contributed by atoms with Crippen molar-refractivity contribution in [3.8, 4) is 0 Å². The Morgan fingerprint density at radius 2 is 2.30 bits per heavy atom. The highest BCUT2D eigenvalue weighted by Crippen LogP contribution is 1.95. The van der Waals surface area contributed by atoms with Crippen LogP contribution in [0.2, 0.25) is 0 Å². The van der Waals surface area contributed by atoms with Gasteiger partial charge in [-0.25, -0.2) is 4.98 Å². The zero-order valence-corrected chi connectivity index (χ0v) is 5.52. The lowest BCUT2D eigenvalue weighted by atomic mass is 10.5. The molecule has 0 N–H and O–H groups in total. The zero-order valence-electron chi connectivity index (χ0n) is 5.52. The average Bonchev–Trinajstić information content (AvgIpc) is 2.33. The summed E-state index contributed by atoms with van der Waals surface area (Å²) in [6, 6.07) is 1.82. The lowest BCUT2D eigenvalue weighted by Gasteiger charge is -1.90. The fraction of sp³-hybridized carbons (Fsp3) is 0.167. The molecular formula is C6H6N4. The summed E-state index contributed by atoms with van der Waals surface area (Å²) in [6.07, 6.45) is 3.36. The molecule has 4 heteroatoms. The molecule has 0 aliphatic rings. The number of nitrogens with zero attached hydrogens (tertiary/aromatic N) is 4. The molecule has 2 heterocycles. The lowest BCUT2D eigenvalue weighted by molar-refractivity contribution is 0.775. The van der Waals surface area contributed by atoms with E-state index in [-0.39, 0.29) is 0 Å². The van der Waals surface area contributed by atoms with Crippen LogP contribution in [0, 0.1) is 6.92 Å². The molecule has 0 aliphatic carbocycles. The molecule has 2 aromatic rings. The van der Waals surface area contributed by atoms with Crippen LogP contribution in [0.15, 0.2) is 18.5 Å². The van der Waals surface area contributed by atoms with Gasteiger partial charge >= 0.3 is 0 Å². The third-order valence-electron chi connectivity index (χ3n) is 1.25. The largest absolute Gasteiger partial charge is 0.231 e. The van der Waals surface area contributed by atoms with E-state index in [9.17, 15) is 0 Å². The summed E-state index contributed by atoms with van der Waals surface area (Å²) in [6.45, 7) is 1.90. The molecule has 0 fully saturated rings. The number of hydrogen-bond acceptors (Lipinski definition) is 3. The van der Waals surface area contributed by atoms with Gasteiger partial charge in [0.05, 0.1) is 18.1 Å². The van der Waals surface area contributed by atoms with Crippen LogP contribution in [-0.4, -0.2) is 19.8 Å². The van der Waals surface area contributed by atoms with Gasteiger partial charge in [0.2, 0.25) is 0 Å². The molecule has 0 aliphatic heterocycles. The summed E-state index contributed by atoms with van der Waals surface area (Å²) in [5.74, 6) is 0. The molecule has 4 nitrogen and oxygen atoms in total. The molecule has 0 atom stereocenters. The monoisotopic (exact) mass is 134 g/mol. The van der Waals surface area contributed by atoms with Crippen LogP contribution < -0.4 is 0 Å². The van der Waals surface area contributed by atoms with Crippen LogP contribution in [0.5, 0.6) is 0 Å². The predicted octanol–water partition coefficient (Wildman–Crippen LogP) is 0.433. The van der Waals surface area contributed by atoms with Gasteiger partial charge in [-0.2, -0.15) is 10.2 Å². The highest BCUT2D eigenvalue weighted by molar-refractivity contribution is 5.33. The quantitative estimate of drug-likeness (QED) is 0.524. The van der Waals surface area contributed by atoms with Crippen molar-refractivity contribution >= 4 is 5.65 Å². The van der Waals surface area contributed by atoms with Crippen LogP contribution in [0.3, 0.4) is 0 Å². The maximum absolute atomic E-state index is 4.17. The van der Waals surface area contributed by atoms with E-state index in [1.54, 1.807) is 12.4 Å². The standard InChI is InChI=1S/C6H6N4/c1-5-4-8-10-6(9-5)2-3-7-10/h2-4H,1H3. The summed E-state index contributed by atoms with van der Waals surface area (Å²) in [4.78, 5) is 4.17. The third kappa shape index (κ3) is 0.655. The smallest absolute Gasteiger partial charge is 0.176 e. The molecule has 50 valence electrons. The van der Waals surface area contributed by atoms with Gasteiger partial charge in [0, 0.05) is 6.07 Å². The van der Waals surface area contributed by atoms with Gasteiger partial charge in [0.15, 0.2) is 5.65 Å². The van der Waals surface area contributed by atoms with Crippen molar-refractivity contribution in [3.05, 3.63) is 24.2 Å². The first-order valence-electron chi connectivity index (χ1n) is 3.00. The van der Waals surface area contributed by atoms with E-state index in [2.05, 4.69) is 15.2 Å². The van der Waals surface area contributed by atoms with Crippen molar-refractivity contribution in [2.24, 2.45) is 0 Å². The van der Waals surface area contributed by atoms with Crippen LogP contribution >= 0.6 is 0 Å². The SMILES string of the molecule is Cc1cnn2nccc2n1. The minimum absolute atomic E-state index is 0.792. The molecule has 0 bridgehead atoms. The normalized spacial score (nSPS) is 10.5. The lowest BCUT2D eigenvalue weighted by Crippen LogP contribution is -1.95. The van der Waals surface area contributed by atoms with Crippen molar-refractivity contribution in [2.75, 3.05) is 0 Å². The third-order valence-corrected chi connectivity index (χ3v) is 1.25. The maximum Gasteiger partial charge on any atom is 0.176 e. The maximum atomic E-state index is 4.17. The fourth-order valence-corrected chi connectivity index (χ4v) is 0.808. The fourth-order valence-electron chi connectivity index (χ4n) is 0.808. The summed E-state index contributed by atoms with van der Waals surface area (Å²) in [7, 11) is 0. The van der Waals surface area contributed by atoms with Crippen molar-refractivity contribution in [1.29, 1.82) is 0 Å². The van der Waals surface area contributed by atoms with E-state index in [4.69, 9.17) is 0 Å². The van der Waals surface area contributed by atoms with Crippen LogP contribution in [0.4, 0.5) is 0 Å². The van der Waals surface area contributed by atoms with Crippen LogP contribution in [0.25, 0.3) is 5.65 Å². The van der Waals surface area contributed by atoms with Gasteiger partial charge in [-0.15, -0.1) is 4.63 Å². The molecule has 0 saturated heterocycles. The van der Waals surface area contributed by atoms with Crippen LogP contribution in [0.1, 0.15) is 5.69 Å². The summed E-state index contributed by atoms with van der Waals surface area (Å²) >= 11 is 0. The molecule has 0 unspecified atom stereocenters. The first-order chi connectivity index (χ1) is 4.86. The van der Waals surface area contributed by atoms with E-state index in [0.717, 1.165) is 11.3 Å². The molecule has 0 aromatic carbocycles. The Morgan fingerprint density at radius 1 is 1.40 bits per heavy atom.